The fourth-order valence-electron chi connectivity index (χ4n) is 1.33. The third-order valence-electron chi connectivity index (χ3n) is 2.17. The molecule has 0 saturated heterocycles. The average molecular weight is 279 g/mol. The van der Waals surface area contributed by atoms with Crippen molar-refractivity contribution in [3.05, 3.63) is 17.3 Å². The minimum atomic E-state index is -4.88. The third-order valence-corrected chi connectivity index (χ3v) is 2.17. The molecule has 1 heterocycles. The molecule has 0 radical (unpaired) electrons. The number of rotatable bonds is 4. The van der Waals surface area contributed by atoms with E-state index < -0.39 is 23.9 Å². The van der Waals surface area contributed by atoms with Gasteiger partial charge in [0.05, 0.1) is 19.2 Å². The number of esters is 1. The van der Waals surface area contributed by atoms with Crippen molar-refractivity contribution in [1.82, 2.24) is 4.98 Å². The van der Waals surface area contributed by atoms with Crippen molar-refractivity contribution in [2.45, 2.75) is 19.3 Å². The van der Waals surface area contributed by atoms with Crippen LogP contribution in [0.1, 0.15) is 11.3 Å². The number of anilines is 1. The lowest BCUT2D eigenvalue weighted by atomic mass is 10.1. The van der Waals surface area contributed by atoms with Crippen molar-refractivity contribution in [2.75, 3.05) is 12.8 Å². The molecule has 0 aromatic carbocycles. The standard InChI is InChI=1S/C10H12F3N3O3/c1-18-8(17)3-6-5(4-14)2-7(9(15)16-6)19-10(11,12)13/h2H,3-4,14H2,1H3,(H2,15,16). The Hall–Kier alpha value is -2.03. The molecule has 0 saturated carbocycles. The Kier molecular flexibility index (Phi) is 4.54. The Bertz CT molecular complexity index is 477. The molecule has 0 aliphatic carbocycles. The normalized spacial score (nSPS) is 11.2. The van der Waals surface area contributed by atoms with Gasteiger partial charge in [-0.05, 0) is 11.6 Å². The number of nitrogens with zero attached hydrogens (tertiary/aromatic N) is 1. The van der Waals surface area contributed by atoms with Crippen molar-refractivity contribution in [1.29, 1.82) is 0 Å². The van der Waals surface area contributed by atoms with Crippen LogP contribution in [0.2, 0.25) is 0 Å². The Morgan fingerprint density at radius 1 is 1.47 bits per heavy atom. The summed E-state index contributed by atoms with van der Waals surface area (Å²) in [6.07, 6.45) is -5.12. The van der Waals surface area contributed by atoms with Crippen LogP contribution in [0.5, 0.6) is 5.75 Å². The number of carbonyl (C=O) groups is 1. The van der Waals surface area contributed by atoms with Gasteiger partial charge in [0.15, 0.2) is 11.6 Å². The highest BCUT2D eigenvalue weighted by Crippen LogP contribution is 2.29. The van der Waals surface area contributed by atoms with Crippen LogP contribution in [0.25, 0.3) is 0 Å². The first-order valence-corrected chi connectivity index (χ1v) is 5.07. The molecule has 0 bridgehead atoms. The minimum absolute atomic E-state index is 0.117. The second-order valence-electron chi connectivity index (χ2n) is 3.48. The SMILES string of the molecule is COC(=O)Cc1nc(N)c(OC(F)(F)F)cc1CN. The number of methoxy groups -OCH3 is 1. The van der Waals surface area contributed by atoms with Gasteiger partial charge < -0.3 is 20.9 Å². The second-order valence-corrected chi connectivity index (χ2v) is 3.48. The number of ether oxygens (including phenoxy) is 2. The summed E-state index contributed by atoms with van der Waals surface area (Å²) < 4.78 is 44.5. The van der Waals surface area contributed by atoms with Crippen LogP contribution in [0.3, 0.4) is 0 Å². The van der Waals surface area contributed by atoms with Crippen LogP contribution >= 0.6 is 0 Å². The lowest BCUT2D eigenvalue weighted by Crippen LogP contribution is -2.20. The Balaban J connectivity index is 3.10. The van der Waals surface area contributed by atoms with Gasteiger partial charge in [0.2, 0.25) is 0 Å². The number of aromatic nitrogens is 1. The van der Waals surface area contributed by atoms with E-state index in [1.54, 1.807) is 0 Å². The molecular weight excluding hydrogens is 267 g/mol. The number of nitrogen functional groups attached to an aromatic ring is 1. The van der Waals surface area contributed by atoms with Crippen molar-refractivity contribution < 1.29 is 27.4 Å². The molecule has 0 spiro atoms. The van der Waals surface area contributed by atoms with Gasteiger partial charge >= 0.3 is 12.3 Å². The summed E-state index contributed by atoms with van der Waals surface area (Å²) in [6, 6.07) is 1.01. The van der Waals surface area contributed by atoms with E-state index in [9.17, 15) is 18.0 Å². The number of nitrogens with two attached hydrogens (primary N) is 2. The van der Waals surface area contributed by atoms with E-state index in [1.165, 1.54) is 7.11 Å². The van der Waals surface area contributed by atoms with Gasteiger partial charge in [-0.3, -0.25) is 4.79 Å². The van der Waals surface area contributed by atoms with E-state index >= 15 is 0 Å². The number of hydrogen-bond acceptors (Lipinski definition) is 6. The molecule has 6 nitrogen and oxygen atoms in total. The minimum Gasteiger partial charge on any atom is -0.469 e. The van der Waals surface area contributed by atoms with E-state index in [0.717, 1.165) is 6.07 Å². The Morgan fingerprint density at radius 3 is 2.58 bits per heavy atom. The highest BCUT2D eigenvalue weighted by atomic mass is 19.4. The molecule has 0 amide bonds. The molecule has 9 heteroatoms. The maximum Gasteiger partial charge on any atom is 0.573 e. The molecule has 0 unspecified atom stereocenters. The Morgan fingerprint density at radius 2 is 2.11 bits per heavy atom. The number of carbonyl (C=O) groups excluding carboxylic acids is 1. The van der Waals surface area contributed by atoms with E-state index in [2.05, 4.69) is 14.5 Å². The summed E-state index contributed by atoms with van der Waals surface area (Å²) in [5.41, 5.74) is 11.1. The summed E-state index contributed by atoms with van der Waals surface area (Å²) in [4.78, 5) is 14.8. The molecule has 1 rings (SSSR count). The number of halogens is 3. The number of alkyl halides is 3. The molecule has 0 aliphatic rings. The first-order chi connectivity index (χ1) is 8.76. The molecule has 4 N–H and O–H groups in total. The second kappa shape index (κ2) is 5.74. The molecule has 0 aliphatic heterocycles. The highest BCUT2D eigenvalue weighted by molar-refractivity contribution is 5.72. The predicted octanol–water partition coefficient (Wildman–Crippen LogP) is 0.737. The molecular formula is C10H12F3N3O3. The van der Waals surface area contributed by atoms with E-state index in [4.69, 9.17) is 11.5 Å². The number of pyridine rings is 1. The quantitative estimate of drug-likeness (QED) is 0.788. The van der Waals surface area contributed by atoms with Gasteiger partial charge in [0.25, 0.3) is 0 Å². The zero-order valence-electron chi connectivity index (χ0n) is 9.95. The van der Waals surface area contributed by atoms with Crippen LogP contribution < -0.4 is 16.2 Å². The summed E-state index contributed by atoms with van der Waals surface area (Å²) >= 11 is 0. The molecule has 19 heavy (non-hydrogen) atoms. The largest absolute Gasteiger partial charge is 0.573 e. The highest BCUT2D eigenvalue weighted by Gasteiger charge is 2.32. The van der Waals surface area contributed by atoms with Crippen LogP contribution in [-0.4, -0.2) is 24.4 Å². The fourth-order valence-corrected chi connectivity index (χ4v) is 1.33. The van der Waals surface area contributed by atoms with Gasteiger partial charge in [0.1, 0.15) is 0 Å². The number of hydrogen-bond donors (Lipinski definition) is 2. The van der Waals surface area contributed by atoms with Crippen LogP contribution in [-0.2, 0) is 22.5 Å². The smallest absolute Gasteiger partial charge is 0.469 e. The van der Waals surface area contributed by atoms with Crippen LogP contribution in [0, 0.1) is 0 Å². The van der Waals surface area contributed by atoms with Gasteiger partial charge in [-0.1, -0.05) is 0 Å². The van der Waals surface area contributed by atoms with E-state index in [1.807, 2.05) is 0 Å². The molecule has 0 fully saturated rings. The summed E-state index contributed by atoms with van der Waals surface area (Å²) in [7, 11) is 1.18. The lowest BCUT2D eigenvalue weighted by molar-refractivity contribution is -0.274. The summed E-state index contributed by atoms with van der Waals surface area (Å²) in [6.45, 7) is -0.117. The zero-order valence-corrected chi connectivity index (χ0v) is 9.95. The van der Waals surface area contributed by atoms with Gasteiger partial charge in [-0.2, -0.15) is 0 Å². The van der Waals surface area contributed by atoms with Gasteiger partial charge in [0, 0.05) is 6.54 Å². The van der Waals surface area contributed by atoms with E-state index in [-0.39, 0.29) is 24.2 Å². The maximum absolute atomic E-state index is 12.1. The first kappa shape index (κ1) is 15.0. The predicted molar refractivity (Wildman–Crippen MR) is 58.9 cm³/mol. The van der Waals surface area contributed by atoms with Crippen LogP contribution in [0.15, 0.2) is 6.07 Å². The van der Waals surface area contributed by atoms with Crippen molar-refractivity contribution in [2.24, 2.45) is 5.73 Å². The first-order valence-electron chi connectivity index (χ1n) is 5.07. The van der Waals surface area contributed by atoms with Gasteiger partial charge in [-0.25, -0.2) is 4.98 Å². The molecule has 1 aromatic heterocycles. The van der Waals surface area contributed by atoms with Gasteiger partial charge in [-0.15, -0.1) is 13.2 Å². The van der Waals surface area contributed by atoms with Crippen molar-refractivity contribution >= 4 is 11.8 Å². The monoisotopic (exact) mass is 279 g/mol. The summed E-state index contributed by atoms with van der Waals surface area (Å²) in [5, 5.41) is 0. The fraction of sp³-hybridized carbons (Fsp3) is 0.400. The molecule has 106 valence electrons. The zero-order chi connectivity index (χ0) is 14.6. The lowest BCUT2D eigenvalue weighted by Gasteiger charge is -2.14. The topological polar surface area (TPSA) is 100 Å². The average Bonchev–Trinajstić information content (AvgIpc) is 2.30. The molecule has 1 aromatic rings. The maximum atomic E-state index is 12.1. The van der Waals surface area contributed by atoms with Crippen molar-refractivity contribution in [3.63, 3.8) is 0 Å². The van der Waals surface area contributed by atoms with Crippen molar-refractivity contribution in [3.8, 4) is 5.75 Å². The van der Waals surface area contributed by atoms with E-state index in [0.29, 0.717) is 0 Å². The van der Waals surface area contributed by atoms with Crippen LogP contribution in [0.4, 0.5) is 19.0 Å². The Labute approximate surface area is 106 Å². The summed E-state index contributed by atoms with van der Waals surface area (Å²) in [5.74, 6) is -1.74. The third kappa shape index (κ3) is 4.28. The molecule has 0 atom stereocenters.